The molecule has 0 aliphatic carbocycles. The average molecular weight is 176 g/mol. The molecule has 66 valence electrons. The Bertz CT molecular complexity index is 439. The fraction of sp³-hybridized carbons (Fsp3) is 0.125. The maximum atomic E-state index is 8.97. The smallest absolute Gasteiger partial charge is 0.422 e. The first-order chi connectivity index (χ1) is 6.18. The number of aromatic amines is 1. The minimum atomic E-state index is -1.52. The molecule has 0 spiro atoms. The lowest BCUT2D eigenvalue weighted by Gasteiger charge is -1.95. The van der Waals surface area contributed by atoms with E-state index in [-0.39, 0.29) is 5.59 Å². The lowest BCUT2D eigenvalue weighted by Crippen LogP contribution is -2.31. The molecule has 3 N–H and O–H groups in total. The van der Waals surface area contributed by atoms with E-state index in [4.69, 9.17) is 10.0 Å². The predicted octanol–water partition coefficient (Wildman–Crippen LogP) is -0.449. The topological polar surface area (TPSA) is 69.1 Å². The molecule has 0 radical (unpaired) electrons. The maximum absolute atomic E-state index is 8.97. The summed E-state index contributed by atoms with van der Waals surface area (Å²) in [5.74, 6) is 0. The molecule has 1 aromatic carbocycles. The Kier molecular flexibility index (Phi) is 1.83. The number of nitrogens with one attached hydrogen (secondary N) is 1. The van der Waals surface area contributed by atoms with Gasteiger partial charge in [-0.3, -0.25) is 5.10 Å². The molecule has 13 heavy (non-hydrogen) atoms. The summed E-state index contributed by atoms with van der Waals surface area (Å²) >= 11 is 0. The number of hydrogen-bond donors (Lipinski definition) is 3. The van der Waals surface area contributed by atoms with Gasteiger partial charge in [0.15, 0.2) is 0 Å². The Hall–Kier alpha value is -1.33. The van der Waals surface area contributed by atoms with Gasteiger partial charge in [0.25, 0.3) is 0 Å². The molecule has 0 amide bonds. The van der Waals surface area contributed by atoms with E-state index in [9.17, 15) is 0 Å². The Morgan fingerprint density at radius 1 is 1.38 bits per heavy atom. The quantitative estimate of drug-likeness (QED) is 0.515. The molecule has 5 heteroatoms. The van der Waals surface area contributed by atoms with Gasteiger partial charge in [-0.2, -0.15) is 5.10 Å². The SMILES string of the molecule is Cc1ccc2[nH]nc(B(O)O)c2c1. The number of aromatic nitrogens is 2. The molecule has 0 saturated carbocycles. The lowest BCUT2D eigenvalue weighted by atomic mass is 9.84. The number of benzene rings is 1. The van der Waals surface area contributed by atoms with Gasteiger partial charge in [-0.25, -0.2) is 0 Å². The molecule has 0 aliphatic heterocycles. The van der Waals surface area contributed by atoms with Crippen molar-refractivity contribution in [2.24, 2.45) is 0 Å². The Morgan fingerprint density at radius 2 is 2.15 bits per heavy atom. The van der Waals surface area contributed by atoms with E-state index < -0.39 is 7.12 Å². The van der Waals surface area contributed by atoms with E-state index in [0.29, 0.717) is 0 Å². The first-order valence-corrected chi connectivity index (χ1v) is 3.99. The lowest BCUT2D eigenvalue weighted by molar-refractivity contribution is 0.424. The summed E-state index contributed by atoms with van der Waals surface area (Å²) in [6.45, 7) is 1.94. The van der Waals surface area contributed by atoms with Crippen molar-refractivity contribution in [1.82, 2.24) is 10.2 Å². The van der Waals surface area contributed by atoms with Crippen molar-refractivity contribution >= 4 is 23.6 Å². The van der Waals surface area contributed by atoms with Crippen LogP contribution in [0.3, 0.4) is 0 Å². The van der Waals surface area contributed by atoms with Crippen molar-refractivity contribution in [2.75, 3.05) is 0 Å². The first-order valence-electron chi connectivity index (χ1n) is 3.99. The highest BCUT2D eigenvalue weighted by Gasteiger charge is 2.18. The second-order valence-corrected chi connectivity index (χ2v) is 3.03. The number of fused-ring (bicyclic) bond motifs is 1. The van der Waals surface area contributed by atoms with Gasteiger partial charge in [0, 0.05) is 5.39 Å². The minimum Gasteiger partial charge on any atom is -0.422 e. The molecule has 4 nitrogen and oxygen atoms in total. The monoisotopic (exact) mass is 176 g/mol. The summed E-state index contributed by atoms with van der Waals surface area (Å²) < 4.78 is 0. The van der Waals surface area contributed by atoms with Gasteiger partial charge in [0.1, 0.15) is 5.59 Å². The highest BCUT2D eigenvalue weighted by molar-refractivity contribution is 6.60. The summed E-state index contributed by atoms with van der Waals surface area (Å²) in [4.78, 5) is 0. The fourth-order valence-electron chi connectivity index (χ4n) is 1.35. The average Bonchev–Trinajstić information content (AvgIpc) is 2.46. The highest BCUT2D eigenvalue weighted by Crippen LogP contribution is 2.10. The second-order valence-electron chi connectivity index (χ2n) is 3.03. The van der Waals surface area contributed by atoms with Crippen molar-refractivity contribution in [3.8, 4) is 0 Å². The standard InChI is InChI=1S/C8H9BN2O2/c1-5-2-3-7-6(4-5)8(9(12)13)11-10-7/h2-4,12-13H,1H3,(H,10,11). The molecule has 0 saturated heterocycles. The third kappa shape index (κ3) is 1.32. The van der Waals surface area contributed by atoms with Gasteiger partial charge in [0.2, 0.25) is 0 Å². The zero-order valence-electron chi connectivity index (χ0n) is 7.15. The number of hydrogen-bond acceptors (Lipinski definition) is 3. The maximum Gasteiger partial charge on any atom is 0.510 e. The van der Waals surface area contributed by atoms with Crippen LogP contribution in [0.5, 0.6) is 0 Å². The molecule has 0 bridgehead atoms. The fourth-order valence-corrected chi connectivity index (χ4v) is 1.35. The van der Waals surface area contributed by atoms with E-state index in [1.165, 1.54) is 0 Å². The van der Waals surface area contributed by atoms with Crippen LogP contribution in [-0.4, -0.2) is 27.4 Å². The van der Waals surface area contributed by atoms with Crippen molar-refractivity contribution in [3.05, 3.63) is 23.8 Å². The van der Waals surface area contributed by atoms with Crippen LogP contribution in [0.25, 0.3) is 10.9 Å². The van der Waals surface area contributed by atoms with Crippen LogP contribution in [-0.2, 0) is 0 Å². The molecular formula is C8H9BN2O2. The van der Waals surface area contributed by atoms with E-state index in [0.717, 1.165) is 16.5 Å². The van der Waals surface area contributed by atoms with Gasteiger partial charge in [-0.15, -0.1) is 0 Å². The minimum absolute atomic E-state index is 0.277. The molecule has 2 aromatic rings. The Labute approximate surface area is 75.4 Å². The van der Waals surface area contributed by atoms with Gasteiger partial charge in [0.05, 0.1) is 5.52 Å². The highest BCUT2D eigenvalue weighted by atomic mass is 16.4. The third-order valence-corrected chi connectivity index (χ3v) is 1.99. The summed E-state index contributed by atoms with van der Waals surface area (Å²) in [6, 6.07) is 5.67. The van der Waals surface area contributed by atoms with Crippen molar-refractivity contribution in [2.45, 2.75) is 6.92 Å². The van der Waals surface area contributed by atoms with Crippen LogP contribution < -0.4 is 5.59 Å². The van der Waals surface area contributed by atoms with Gasteiger partial charge >= 0.3 is 7.12 Å². The third-order valence-electron chi connectivity index (χ3n) is 1.99. The van der Waals surface area contributed by atoms with Crippen molar-refractivity contribution in [1.29, 1.82) is 0 Å². The number of H-pyrrole nitrogens is 1. The van der Waals surface area contributed by atoms with Crippen LogP contribution in [0.2, 0.25) is 0 Å². The zero-order valence-corrected chi connectivity index (χ0v) is 7.15. The molecule has 0 unspecified atom stereocenters. The first kappa shape index (κ1) is 8.28. The Morgan fingerprint density at radius 3 is 2.85 bits per heavy atom. The molecule has 1 aromatic heterocycles. The van der Waals surface area contributed by atoms with E-state index >= 15 is 0 Å². The van der Waals surface area contributed by atoms with E-state index in [1.807, 2.05) is 25.1 Å². The van der Waals surface area contributed by atoms with E-state index in [1.54, 1.807) is 0 Å². The largest absolute Gasteiger partial charge is 0.510 e. The molecule has 0 atom stereocenters. The van der Waals surface area contributed by atoms with Crippen LogP contribution >= 0.6 is 0 Å². The van der Waals surface area contributed by atoms with Gasteiger partial charge < -0.3 is 10.0 Å². The summed E-state index contributed by atoms with van der Waals surface area (Å²) in [5, 5.41) is 25.2. The molecule has 2 rings (SSSR count). The molecule has 0 fully saturated rings. The molecule has 1 heterocycles. The predicted molar refractivity (Wildman–Crippen MR) is 50.7 cm³/mol. The van der Waals surface area contributed by atoms with E-state index in [2.05, 4.69) is 10.2 Å². The second kappa shape index (κ2) is 2.87. The van der Waals surface area contributed by atoms with Gasteiger partial charge in [-0.05, 0) is 19.1 Å². The number of nitrogens with zero attached hydrogens (tertiary/aromatic N) is 1. The summed E-state index contributed by atoms with van der Waals surface area (Å²) in [7, 11) is -1.52. The normalized spacial score (nSPS) is 10.7. The van der Waals surface area contributed by atoms with Crippen molar-refractivity contribution in [3.63, 3.8) is 0 Å². The van der Waals surface area contributed by atoms with Crippen LogP contribution in [0, 0.1) is 6.92 Å². The Balaban J connectivity index is 2.71. The van der Waals surface area contributed by atoms with Crippen LogP contribution in [0.15, 0.2) is 18.2 Å². The molecule has 0 aliphatic rings. The molecular weight excluding hydrogens is 167 g/mol. The van der Waals surface area contributed by atoms with Crippen LogP contribution in [0.4, 0.5) is 0 Å². The number of rotatable bonds is 1. The zero-order chi connectivity index (χ0) is 9.42. The summed E-state index contributed by atoms with van der Waals surface area (Å²) in [5.41, 5.74) is 2.16. The van der Waals surface area contributed by atoms with Crippen molar-refractivity contribution < 1.29 is 10.0 Å². The number of aryl methyl sites for hydroxylation is 1. The van der Waals surface area contributed by atoms with Crippen LogP contribution in [0.1, 0.15) is 5.56 Å². The summed E-state index contributed by atoms with van der Waals surface area (Å²) in [6.07, 6.45) is 0. The van der Waals surface area contributed by atoms with Gasteiger partial charge in [-0.1, -0.05) is 11.6 Å².